The summed E-state index contributed by atoms with van der Waals surface area (Å²) in [5.41, 5.74) is 5.45. The molecule has 0 fully saturated rings. The summed E-state index contributed by atoms with van der Waals surface area (Å²) >= 11 is 1.94. The van der Waals surface area contributed by atoms with Crippen molar-refractivity contribution >= 4 is 11.8 Å². The zero-order chi connectivity index (χ0) is 10.5. The van der Waals surface area contributed by atoms with Gasteiger partial charge in [-0.3, -0.25) is 0 Å². The van der Waals surface area contributed by atoms with Crippen LogP contribution in [0.5, 0.6) is 0 Å². The molecule has 0 saturated heterocycles. The third-order valence-corrected chi connectivity index (χ3v) is 3.42. The van der Waals surface area contributed by atoms with E-state index in [0.29, 0.717) is 5.25 Å². The van der Waals surface area contributed by atoms with Crippen molar-refractivity contribution in [2.45, 2.75) is 44.9 Å². The van der Waals surface area contributed by atoms with Gasteiger partial charge < -0.3 is 10.8 Å². The molecule has 0 amide bonds. The van der Waals surface area contributed by atoms with Crippen LogP contribution in [0.1, 0.15) is 34.1 Å². The maximum absolute atomic E-state index is 8.99. The first-order valence-corrected chi connectivity index (χ1v) is 5.93. The third-order valence-electron chi connectivity index (χ3n) is 1.83. The van der Waals surface area contributed by atoms with Crippen molar-refractivity contribution in [2.75, 3.05) is 12.4 Å². The summed E-state index contributed by atoms with van der Waals surface area (Å²) in [5, 5.41) is 9.52. The van der Waals surface area contributed by atoms with Crippen LogP contribution < -0.4 is 5.73 Å². The zero-order valence-corrected chi connectivity index (χ0v) is 10.0. The largest absolute Gasteiger partial charge is 0.394 e. The molecule has 13 heavy (non-hydrogen) atoms. The molecule has 80 valence electrons. The van der Waals surface area contributed by atoms with Crippen LogP contribution in [0.3, 0.4) is 0 Å². The van der Waals surface area contributed by atoms with Gasteiger partial charge >= 0.3 is 0 Å². The van der Waals surface area contributed by atoms with Gasteiger partial charge in [0.15, 0.2) is 0 Å². The van der Waals surface area contributed by atoms with Crippen LogP contribution in [0.15, 0.2) is 0 Å². The van der Waals surface area contributed by atoms with E-state index >= 15 is 0 Å². The fourth-order valence-corrected chi connectivity index (χ4v) is 2.35. The van der Waals surface area contributed by atoms with Gasteiger partial charge in [0.2, 0.25) is 0 Å². The molecule has 3 N–H and O–H groups in total. The molecular formula is C10H23NOS. The normalized spacial score (nSPS) is 18.7. The molecular weight excluding hydrogens is 182 g/mol. The van der Waals surface area contributed by atoms with Crippen molar-refractivity contribution in [1.82, 2.24) is 0 Å². The molecule has 0 spiro atoms. The van der Waals surface area contributed by atoms with E-state index in [1.54, 1.807) is 0 Å². The number of hydrogen-bond donors (Lipinski definition) is 2. The van der Waals surface area contributed by atoms with Crippen molar-refractivity contribution in [2.24, 2.45) is 11.7 Å². The smallest absolute Gasteiger partial charge is 0.0608 e. The summed E-state index contributed by atoms with van der Waals surface area (Å²) in [4.78, 5) is 0. The summed E-state index contributed by atoms with van der Waals surface area (Å²) in [7, 11) is 0. The van der Waals surface area contributed by atoms with Crippen molar-refractivity contribution in [1.29, 1.82) is 0 Å². The number of rotatable bonds is 6. The molecule has 0 heterocycles. The van der Waals surface area contributed by atoms with Crippen molar-refractivity contribution in [3.8, 4) is 0 Å². The predicted molar refractivity (Wildman–Crippen MR) is 61.1 cm³/mol. The van der Waals surface area contributed by atoms with E-state index in [-0.39, 0.29) is 6.61 Å². The van der Waals surface area contributed by atoms with Crippen LogP contribution in [0.4, 0.5) is 0 Å². The second-order valence-corrected chi connectivity index (χ2v) is 6.03. The fourth-order valence-electron chi connectivity index (χ4n) is 1.14. The first kappa shape index (κ1) is 13.3. The lowest BCUT2D eigenvalue weighted by atomic mass is 9.99. The minimum atomic E-state index is -0.413. The molecule has 0 saturated carbocycles. The van der Waals surface area contributed by atoms with Crippen molar-refractivity contribution in [3.63, 3.8) is 0 Å². The van der Waals surface area contributed by atoms with E-state index in [2.05, 4.69) is 20.8 Å². The van der Waals surface area contributed by atoms with Gasteiger partial charge in [-0.1, -0.05) is 20.8 Å². The number of aliphatic hydroxyl groups excluding tert-OH is 1. The van der Waals surface area contributed by atoms with Crippen molar-refractivity contribution < 1.29 is 5.11 Å². The second kappa shape index (κ2) is 5.89. The Morgan fingerprint density at radius 3 is 2.31 bits per heavy atom. The Hall–Kier alpha value is 0.270. The Bertz CT molecular complexity index is 137. The monoisotopic (exact) mass is 205 g/mol. The molecule has 0 aliphatic carbocycles. The van der Waals surface area contributed by atoms with Crippen LogP contribution in [0.2, 0.25) is 0 Å². The highest BCUT2D eigenvalue weighted by Crippen LogP contribution is 2.21. The average Bonchev–Trinajstić information content (AvgIpc) is 2.00. The Morgan fingerprint density at radius 2 is 1.92 bits per heavy atom. The lowest BCUT2D eigenvalue weighted by Crippen LogP contribution is -2.42. The molecule has 2 atom stereocenters. The Labute approximate surface area is 86.3 Å². The molecule has 0 aliphatic rings. The zero-order valence-electron chi connectivity index (χ0n) is 9.21. The van der Waals surface area contributed by atoms with Crippen LogP contribution in [0.25, 0.3) is 0 Å². The first-order chi connectivity index (χ1) is 5.87. The fraction of sp³-hybridized carbons (Fsp3) is 1.00. The van der Waals surface area contributed by atoms with E-state index in [1.165, 1.54) is 5.75 Å². The molecule has 0 radical (unpaired) electrons. The van der Waals surface area contributed by atoms with E-state index in [0.717, 1.165) is 12.3 Å². The molecule has 2 unspecified atom stereocenters. The molecule has 0 bridgehead atoms. The standard InChI is InChI=1S/C10H23NOS/c1-8(2)6-13-9(3)5-10(4,11)7-12/h8-9,12H,5-7,11H2,1-4H3. The van der Waals surface area contributed by atoms with Gasteiger partial charge in [0, 0.05) is 10.8 Å². The average molecular weight is 205 g/mol. The van der Waals surface area contributed by atoms with Crippen LogP contribution in [-0.2, 0) is 0 Å². The van der Waals surface area contributed by atoms with Gasteiger partial charge in [-0.15, -0.1) is 0 Å². The molecule has 0 aliphatic heterocycles. The highest BCUT2D eigenvalue weighted by molar-refractivity contribution is 7.99. The lowest BCUT2D eigenvalue weighted by Gasteiger charge is -2.25. The Kier molecular flexibility index (Phi) is 6.01. The van der Waals surface area contributed by atoms with Crippen LogP contribution in [-0.4, -0.2) is 28.3 Å². The van der Waals surface area contributed by atoms with E-state index in [1.807, 2.05) is 18.7 Å². The molecule has 2 nitrogen and oxygen atoms in total. The number of nitrogens with two attached hydrogens (primary N) is 1. The molecule has 0 aromatic carbocycles. The molecule has 3 heteroatoms. The maximum Gasteiger partial charge on any atom is 0.0608 e. The highest BCUT2D eigenvalue weighted by Gasteiger charge is 2.20. The van der Waals surface area contributed by atoms with Crippen LogP contribution in [0, 0.1) is 5.92 Å². The summed E-state index contributed by atoms with van der Waals surface area (Å²) < 4.78 is 0. The second-order valence-electron chi connectivity index (χ2n) is 4.55. The molecule has 0 aromatic rings. The minimum Gasteiger partial charge on any atom is -0.394 e. The SMILES string of the molecule is CC(C)CSC(C)CC(C)(N)CO. The van der Waals surface area contributed by atoms with Gasteiger partial charge in [0.05, 0.1) is 6.61 Å². The number of aliphatic hydroxyl groups is 1. The summed E-state index contributed by atoms with van der Waals surface area (Å²) in [5.74, 6) is 1.90. The number of hydrogen-bond acceptors (Lipinski definition) is 3. The Balaban J connectivity index is 3.67. The molecule has 0 aromatic heterocycles. The maximum atomic E-state index is 8.99. The third kappa shape index (κ3) is 7.35. The minimum absolute atomic E-state index is 0.0690. The summed E-state index contributed by atoms with van der Waals surface area (Å²) in [6.07, 6.45) is 0.876. The van der Waals surface area contributed by atoms with E-state index in [9.17, 15) is 0 Å². The van der Waals surface area contributed by atoms with Crippen LogP contribution >= 0.6 is 11.8 Å². The van der Waals surface area contributed by atoms with Gasteiger partial charge in [-0.25, -0.2) is 0 Å². The van der Waals surface area contributed by atoms with Gasteiger partial charge in [0.1, 0.15) is 0 Å². The number of thioether (sulfide) groups is 1. The topological polar surface area (TPSA) is 46.2 Å². The quantitative estimate of drug-likeness (QED) is 0.696. The first-order valence-electron chi connectivity index (χ1n) is 4.88. The Morgan fingerprint density at radius 1 is 1.38 bits per heavy atom. The summed E-state index contributed by atoms with van der Waals surface area (Å²) in [6, 6.07) is 0. The van der Waals surface area contributed by atoms with E-state index in [4.69, 9.17) is 10.8 Å². The lowest BCUT2D eigenvalue weighted by molar-refractivity contribution is 0.201. The van der Waals surface area contributed by atoms with Gasteiger partial charge in [0.25, 0.3) is 0 Å². The van der Waals surface area contributed by atoms with Crippen molar-refractivity contribution in [3.05, 3.63) is 0 Å². The van der Waals surface area contributed by atoms with Gasteiger partial charge in [-0.05, 0) is 25.0 Å². The van der Waals surface area contributed by atoms with E-state index < -0.39 is 5.54 Å². The van der Waals surface area contributed by atoms with Gasteiger partial charge in [-0.2, -0.15) is 11.8 Å². The summed E-state index contributed by atoms with van der Waals surface area (Å²) in [6.45, 7) is 8.58. The highest BCUT2D eigenvalue weighted by atomic mass is 32.2. The predicted octanol–water partition coefficient (Wildman–Crippen LogP) is 1.86. The molecule has 0 rings (SSSR count).